The highest BCUT2D eigenvalue weighted by atomic mass is 16.5. The van der Waals surface area contributed by atoms with Crippen LogP contribution in [0.5, 0.6) is 5.75 Å². The molecule has 2 saturated carbocycles. The Morgan fingerprint density at radius 1 is 1.07 bits per heavy atom. The van der Waals surface area contributed by atoms with Crippen LogP contribution in [-0.2, 0) is 4.74 Å². The van der Waals surface area contributed by atoms with E-state index in [1.165, 1.54) is 31.4 Å². The molecule has 4 atom stereocenters. The van der Waals surface area contributed by atoms with Gasteiger partial charge in [-0.2, -0.15) is 0 Å². The Bertz CT molecular complexity index is 586. The van der Waals surface area contributed by atoms with E-state index in [9.17, 15) is 5.11 Å². The van der Waals surface area contributed by atoms with Gasteiger partial charge in [-0.25, -0.2) is 0 Å². The van der Waals surface area contributed by atoms with Crippen LogP contribution in [0.25, 0.3) is 0 Å². The number of β-amino-alcohol motifs (C(OH)–C–C–N with tert-alkyl or cyclic N) is 1. The maximum absolute atomic E-state index is 10.4. The molecule has 0 radical (unpaired) electrons. The van der Waals surface area contributed by atoms with Gasteiger partial charge in [0, 0.05) is 45.0 Å². The summed E-state index contributed by atoms with van der Waals surface area (Å²) in [5.41, 5.74) is 1.24. The topological polar surface area (TPSA) is 45.2 Å². The van der Waals surface area contributed by atoms with Gasteiger partial charge in [-0.05, 0) is 61.3 Å². The van der Waals surface area contributed by atoms with Crippen LogP contribution in [0.1, 0.15) is 25.7 Å². The third kappa shape index (κ3) is 4.76. The molecule has 0 amide bonds. The summed E-state index contributed by atoms with van der Waals surface area (Å²) >= 11 is 0. The van der Waals surface area contributed by atoms with Gasteiger partial charge in [-0.3, -0.25) is 4.90 Å². The van der Waals surface area contributed by atoms with Gasteiger partial charge in [-0.15, -0.1) is 0 Å². The summed E-state index contributed by atoms with van der Waals surface area (Å²) in [5.74, 6) is 3.52. The summed E-state index contributed by atoms with van der Waals surface area (Å²) in [4.78, 5) is 4.75. The standard InChI is InChI=1S/C22H34N2O3/c1-26-22-6-4-20(5-7-22)24-10-8-23(9-11-24)14-21(25)16-27-15-19-13-17-2-3-18(19)12-17/h4-7,17-19,21,25H,2-3,8-16H2,1H3/t17-,18-,19-,21-/m1/s1. The van der Waals surface area contributed by atoms with E-state index in [2.05, 4.69) is 21.9 Å². The molecule has 5 heteroatoms. The third-order valence-corrected chi connectivity index (χ3v) is 6.81. The van der Waals surface area contributed by atoms with Crippen LogP contribution in [-0.4, -0.2) is 69.2 Å². The number of nitrogens with zero attached hydrogens (tertiary/aromatic N) is 2. The first-order valence-electron chi connectivity index (χ1n) is 10.6. The zero-order valence-corrected chi connectivity index (χ0v) is 16.6. The number of methoxy groups -OCH3 is 1. The molecule has 1 aromatic carbocycles. The second-order valence-electron chi connectivity index (χ2n) is 8.61. The normalized spacial score (nSPS) is 29.3. The quantitative estimate of drug-likeness (QED) is 0.758. The molecule has 3 aliphatic rings. The SMILES string of the molecule is COc1ccc(N2CCN(C[C@@H](O)COC[C@H]3C[C@@H]4CC[C@@H]3C4)CC2)cc1. The fourth-order valence-electron chi connectivity index (χ4n) is 5.27. The molecule has 1 saturated heterocycles. The molecule has 5 nitrogen and oxygen atoms in total. The maximum atomic E-state index is 10.4. The molecule has 150 valence electrons. The van der Waals surface area contributed by atoms with E-state index in [1.807, 2.05) is 12.1 Å². The number of aliphatic hydroxyl groups is 1. The van der Waals surface area contributed by atoms with Gasteiger partial charge in [0.15, 0.2) is 0 Å². The molecule has 1 aromatic rings. The molecular formula is C22H34N2O3. The molecule has 3 fully saturated rings. The summed E-state index contributed by atoms with van der Waals surface area (Å²) in [6.07, 6.45) is 5.24. The van der Waals surface area contributed by atoms with Crippen LogP contribution in [0.3, 0.4) is 0 Å². The van der Waals surface area contributed by atoms with Crippen LogP contribution in [0, 0.1) is 17.8 Å². The van der Waals surface area contributed by atoms with Crippen molar-refractivity contribution in [3.8, 4) is 5.75 Å². The van der Waals surface area contributed by atoms with Crippen molar-refractivity contribution in [3.05, 3.63) is 24.3 Å². The molecule has 1 N–H and O–H groups in total. The predicted molar refractivity (Wildman–Crippen MR) is 107 cm³/mol. The van der Waals surface area contributed by atoms with Gasteiger partial charge in [0.25, 0.3) is 0 Å². The second-order valence-corrected chi connectivity index (χ2v) is 8.61. The van der Waals surface area contributed by atoms with E-state index in [4.69, 9.17) is 9.47 Å². The smallest absolute Gasteiger partial charge is 0.119 e. The second kappa shape index (κ2) is 8.80. The lowest BCUT2D eigenvalue weighted by molar-refractivity contribution is -0.00274. The number of anilines is 1. The highest BCUT2D eigenvalue weighted by molar-refractivity contribution is 5.49. The molecule has 1 aliphatic heterocycles. The van der Waals surface area contributed by atoms with Gasteiger partial charge in [0.2, 0.25) is 0 Å². The minimum Gasteiger partial charge on any atom is -0.497 e. The first-order chi connectivity index (χ1) is 13.2. The van der Waals surface area contributed by atoms with Crippen LogP contribution in [0.15, 0.2) is 24.3 Å². The average molecular weight is 375 g/mol. The van der Waals surface area contributed by atoms with Gasteiger partial charge >= 0.3 is 0 Å². The van der Waals surface area contributed by atoms with E-state index >= 15 is 0 Å². The number of piperazine rings is 1. The number of ether oxygens (including phenoxy) is 2. The van der Waals surface area contributed by atoms with Crippen molar-refractivity contribution in [1.82, 2.24) is 4.90 Å². The number of hydrogen-bond donors (Lipinski definition) is 1. The van der Waals surface area contributed by atoms with Crippen molar-refractivity contribution in [2.75, 3.05) is 57.9 Å². The van der Waals surface area contributed by atoms with E-state index in [0.29, 0.717) is 13.2 Å². The van der Waals surface area contributed by atoms with E-state index in [-0.39, 0.29) is 6.10 Å². The van der Waals surface area contributed by atoms with E-state index < -0.39 is 0 Å². The molecule has 2 bridgehead atoms. The first kappa shape index (κ1) is 19.0. The molecule has 0 aromatic heterocycles. The van der Waals surface area contributed by atoms with Crippen molar-refractivity contribution in [1.29, 1.82) is 0 Å². The highest BCUT2D eigenvalue weighted by Crippen LogP contribution is 2.48. The Kier molecular flexibility index (Phi) is 6.21. The van der Waals surface area contributed by atoms with E-state index in [0.717, 1.165) is 56.3 Å². The molecular weight excluding hydrogens is 340 g/mol. The van der Waals surface area contributed by atoms with Crippen molar-refractivity contribution in [2.45, 2.75) is 31.8 Å². The number of fused-ring (bicyclic) bond motifs is 2. The summed E-state index contributed by atoms with van der Waals surface area (Å²) < 4.78 is 11.1. The van der Waals surface area contributed by atoms with Crippen LogP contribution in [0.4, 0.5) is 5.69 Å². The zero-order valence-electron chi connectivity index (χ0n) is 16.6. The summed E-state index contributed by atoms with van der Waals surface area (Å²) in [6, 6.07) is 8.26. The minimum atomic E-state index is -0.379. The Labute approximate surface area is 163 Å². The fraction of sp³-hybridized carbons (Fsp3) is 0.727. The van der Waals surface area contributed by atoms with Crippen LogP contribution >= 0.6 is 0 Å². The fourth-order valence-corrected chi connectivity index (χ4v) is 5.27. The largest absolute Gasteiger partial charge is 0.497 e. The molecule has 27 heavy (non-hydrogen) atoms. The summed E-state index contributed by atoms with van der Waals surface area (Å²) in [5, 5.41) is 10.4. The van der Waals surface area contributed by atoms with Crippen molar-refractivity contribution < 1.29 is 14.6 Å². The Morgan fingerprint density at radius 2 is 1.85 bits per heavy atom. The van der Waals surface area contributed by atoms with Gasteiger partial charge in [-0.1, -0.05) is 6.42 Å². The molecule has 4 rings (SSSR count). The van der Waals surface area contributed by atoms with Gasteiger partial charge in [0.1, 0.15) is 5.75 Å². The monoisotopic (exact) mass is 374 g/mol. The Morgan fingerprint density at radius 3 is 2.48 bits per heavy atom. The molecule has 0 spiro atoms. The Balaban J connectivity index is 1.13. The van der Waals surface area contributed by atoms with Crippen LogP contribution in [0.2, 0.25) is 0 Å². The van der Waals surface area contributed by atoms with Crippen molar-refractivity contribution >= 4 is 5.69 Å². The predicted octanol–water partition coefficient (Wildman–Crippen LogP) is 2.63. The first-order valence-corrected chi connectivity index (χ1v) is 10.6. The van der Waals surface area contributed by atoms with Gasteiger partial charge < -0.3 is 19.5 Å². The van der Waals surface area contributed by atoms with Crippen LogP contribution < -0.4 is 9.64 Å². The van der Waals surface area contributed by atoms with Gasteiger partial charge in [0.05, 0.1) is 19.8 Å². The maximum Gasteiger partial charge on any atom is 0.119 e. The number of benzene rings is 1. The van der Waals surface area contributed by atoms with Crippen molar-refractivity contribution in [2.24, 2.45) is 17.8 Å². The minimum absolute atomic E-state index is 0.379. The molecule has 0 unspecified atom stereocenters. The summed E-state index contributed by atoms with van der Waals surface area (Å²) in [7, 11) is 1.70. The molecule has 2 aliphatic carbocycles. The Hall–Kier alpha value is -1.30. The number of aliphatic hydroxyl groups excluding tert-OH is 1. The number of hydrogen-bond acceptors (Lipinski definition) is 5. The zero-order chi connectivity index (χ0) is 18.6. The lowest BCUT2D eigenvalue weighted by Gasteiger charge is -2.37. The molecule has 1 heterocycles. The lowest BCUT2D eigenvalue weighted by Crippen LogP contribution is -2.49. The lowest BCUT2D eigenvalue weighted by atomic mass is 9.90. The average Bonchev–Trinajstić information content (AvgIpc) is 3.32. The number of rotatable bonds is 8. The highest BCUT2D eigenvalue weighted by Gasteiger charge is 2.39. The van der Waals surface area contributed by atoms with E-state index in [1.54, 1.807) is 7.11 Å². The summed E-state index contributed by atoms with van der Waals surface area (Å²) in [6.45, 7) is 5.99. The van der Waals surface area contributed by atoms with Crippen molar-refractivity contribution in [3.63, 3.8) is 0 Å². The third-order valence-electron chi connectivity index (χ3n) is 6.81.